The first-order chi connectivity index (χ1) is 13.3. The highest BCUT2D eigenvalue weighted by molar-refractivity contribution is 5.92. The molecule has 2 heterocycles. The summed E-state index contributed by atoms with van der Waals surface area (Å²) in [6, 6.07) is 26.1. The summed E-state index contributed by atoms with van der Waals surface area (Å²) < 4.78 is 1.88. The van der Waals surface area contributed by atoms with Gasteiger partial charge < -0.3 is 9.30 Å². The van der Waals surface area contributed by atoms with E-state index in [1.54, 1.807) is 6.20 Å². The first kappa shape index (κ1) is 17.0. The van der Waals surface area contributed by atoms with Crippen LogP contribution in [0.2, 0.25) is 0 Å². The molecule has 0 fully saturated rings. The molecule has 0 radical (unpaired) electrons. The zero-order chi connectivity index (χ0) is 18.5. The number of hydrogen-bond acceptors (Lipinski definition) is 2. The van der Waals surface area contributed by atoms with Crippen molar-refractivity contribution in [2.24, 2.45) is 0 Å². The number of amides is 1. The molecule has 0 unspecified atom stereocenters. The predicted molar refractivity (Wildman–Crippen MR) is 107 cm³/mol. The van der Waals surface area contributed by atoms with Gasteiger partial charge in [0.25, 0.3) is 5.91 Å². The number of fused-ring (bicyclic) bond motifs is 1. The fourth-order valence-electron chi connectivity index (χ4n) is 3.16. The Morgan fingerprint density at radius 2 is 1.52 bits per heavy atom. The maximum atomic E-state index is 13.2. The van der Waals surface area contributed by atoms with E-state index >= 15 is 0 Å². The molecule has 0 N–H and O–H groups in total. The standard InChI is InChI=1S/C23H21N3O/c27-23(21-18-25-15-8-7-13-22(25)24-21)26(17-20-11-5-2-6-12-20)16-14-19-9-3-1-4-10-19/h1-13,15,18H,14,16-17H2. The Morgan fingerprint density at radius 3 is 2.22 bits per heavy atom. The maximum absolute atomic E-state index is 13.2. The molecule has 4 nitrogen and oxygen atoms in total. The second kappa shape index (κ2) is 7.87. The Kier molecular flexibility index (Phi) is 4.97. The molecule has 0 aliphatic heterocycles. The van der Waals surface area contributed by atoms with Crippen LogP contribution in [-0.4, -0.2) is 26.7 Å². The van der Waals surface area contributed by atoms with Crippen LogP contribution in [0, 0.1) is 0 Å². The topological polar surface area (TPSA) is 37.6 Å². The molecule has 4 rings (SSSR count). The number of carbonyl (C=O) groups is 1. The van der Waals surface area contributed by atoms with E-state index in [-0.39, 0.29) is 5.91 Å². The van der Waals surface area contributed by atoms with Gasteiger partial charge in [0.05, 0.1) is 0 Å². The van der Waals surface area contributed by atoms with E-state index in [9.17, 15) is 4.79 Å². The zero-order valence-corrected chi connectivity index (χ0v) is 15.0. The van der Waals surface area contributed by atoms with Gasteiger partial charge >= 0.3 is 0 Å². The number of benzene rings is 2. The molecule has 0 atom stereocenters. The number of hydrogen-bond donors (Lipinski definition) is 0. The van der Waals surface area contributed by atoms with E-state index in [2.05, 4.69) is 17.1 Å². The van der Waals surface area contributed by atoms with E-state index in [0.29, 0.717) is 18.8 Å². The van der Waals surface area contributed by atoms with Crippen LogP contribution in [0.15, 0.2) is 91.3 Å². The molecule has 2 aromatic heterocycles. The first-order valence-electron chi connectivity index (χ1n) is 9.10. The number of nitrogens with zero attached hydrogens (tertiary/aromatic N) is 3. The minimum atomic E-state index is -0.0431. The lowest BCUT2D eigenvalue weighted by atomic mass is 10.1. The zero-order valence-electron chi connectivity index (χ0n) is 15.0. The molecule has 0 bridgehead atoms. The first-order valence-corrected chi connectivity index (χ1v) is 9.10. The van der Waals surface area contributed by atoms with Crippen molar-refractivity contribution in [1.29, 1.82) is 0 Å². The largest absolute Gasteiger partial charge is 0.333 e. The Balaban J connectivity index is 1.58. The lowest BCUT2D eigenvalue weighted by Gasteiger charge is -2.22. The fourth-order valence-corrected chi connectivity index (χ4v) is 3.16. The molecule has 0 saturated carbocycles. The summed E-state index contributed by atoms with van der Waals surface area (Å²) >= 11 is 0. The third kappa shape index (κ3) is 4.06. The third-order valence-electron chi connectivity index (χ3n) is 4.60. The molecule has 0 saturated heterocycles. The Morgan fingerprint density at radius 1 is 0.852 bits per heavy atom. The van der Waals surface area contributed by atoms with Gasteiger partial charge in [-0.3, -0.25) is 4.79 Å². The van der Waals surface area contributed by atoms with Crippen molar-refractivity contribution < 1.29 is 4.79 Å². The van der Waals surface area contributed by atoms with Crippen LogP contribution in [0.4, 0.5) is 0 Å². The Hall–Kier alpha value is -3.40. The van der Waals surface area contributed by atoms with E-state index < -0.39 is 0 Å². The van der Waals surface area contributed by atoms with Gasteiger partial charge in [-0.15, -0.1) is 0 Å². The van der Waals surface area contributed by atoms with Crippen molar-refractivity contribution in [2.75, 3.05) is 6.54 Å². The Labute approximate surface area is 158 Å². The number of aromatic nitrogens is 2. The van der Waals surface area contributed by atoms with Crippen molar-refractivity contribution in [2.45, 2.75) is 13.0 Å². The fraction of sp³-hybridized carbons (Fsp3) is 0.130. The maximum Gasteiger partial charge on any atom is 0.274 e. The minimum absolute atomic E-state index is 0.0431. The van der Waals surface area contributed by atoms with Crippen molar-refractivity contribution in [3.63, 3.8) is 0 Å². The quantitative estimate of drug-likeness (QED) is 0.519. The number of pyridine rings is 1. The molecule has 4 heteroatoms. The summed E-state index contributed by atoms with van der Waals surface area (Å²) in [7, 11) is 0. The third-order valence-corrected chi connectivity index (χ3v) is 4.60. The van der Waals surface area contributed by atoms with Gasteiger partial charge in [0.1, 0.15) is 11.3 Å². The predicted octanol–water partition coefficient (Wildman–Crippen LogP) is 4.22. The van der Waals surface area contributed by atoms with E-state index in [0.717, 1.165) is 17.6 Å². The van der Waals surface area contributed by atoms with Crippen molar-refractivity contribution in [3.8, 4) is 0 Å². The van der Waals surface area contributed by atoms with Gasteiger partial charge in [0, 0.05) is 25.5 Å². The van der Waals surface area contributed by atoms with Crippen molar-refractivity contribution in [3.05, 3.63) is 108 Å². The molecule has 2 aromatic carbocycles. The minimum Gasteiger partial charge on any atom is -0.333 e. The molecule has 1 amide bonds. The van der Waals surface area contributed by atoms with Gasteiger partial charge in [-0.2, -0.15) is 0 Å². The summed E-state index contributed by atoms with van der Waals surface area (Å²) in [6.45, 7) is 1.21. The average Bonchev–Trinajstić information content (AvgIpc) is 3.16. The summed E-state index contributed by atoms with van der Waals surface area (Å²) in [4.78, 5) is 19.6. The van der Waals surface area contributed by atoms with E-state index in [1.807, 2.05) is 82.2 Å². The van der Waals surface area contributed by atoms with E-state index in [4.69, 9.17) is 0 Å². The van der Waals surface area contributed by atoms with Crippen LogP contribution in [0.1, 0.15) is 21.6 Å². The highest BCUT2D eigenvalue weighted by Gasteiger charge is 2.19. The lowest BCUT2D eigenvalue weighted by Crippen LogP contribution is -2.32. The van der Waals surface area contributed by atoms with Crippen LogP contribution < -0.4 is 0 Å². The second-order valence-electron chi connectivity index (χ2n) is 6.54. The van der Waals surface area contributed by atoms with Crippen LogP contribution >= 0.6 is 0 Å². The van der Waals surface area contributed by atoms with Crippen LogP contribution in [-0.2, 0) is 13.0 Å². The van der Waals surface area contributed by atoms with Gasteiger partial charge in [-0.1, -0.05) is 66.7 Å². The molecule has 0 aliphatic carbocycles. The molecule has 134 valence electrons. The summed E-state index contributed by atoms with van der Waals surface area (Å²) in [5.41, 5.74) is 3.59. The molecular formula is C23H21N3O. The highest BCUT2D eigenvalue weighted by atomic mass is 16.2. The lowest BCUT2D eigenvalue weighted by molar-refractivity contribution is 0.0740. The number of carbonyl (C=O) groups excluding carboxylic acids is 1. The van der Waals surface area contributed by atoms with Gasteiger partial charge in [0.15, 0.2) is 0 Å². The average molecular weight is 355 g/mol. The molecule has 0 spiro atoms. The molecule has 4 aromatic rings. The molecule has 27 heavy (non-hydrogen) atoms. The number of rotatable bonds is 6. The van der Waals surface area contributed by atoms with Gasteiger partial charge in [-0.05, 0) is 29.7 Å². The van der Waals surface area contributed by atoms with Crippen LogP contribution in [0.3, 0.4) is 0 Å². The summed E-state index contributed by atoms with van der Waals surface area (Å²) in [5, 5.41) is 0. The Bertz CT molecular complexity index is 992. The van der Waals surface area contributed by atoms with Gasteiger partial charge in [0.2, 0.25) is 0 Å². The second-order valence-corrected chi connectivity index (χ2v) is 6.54. The monoisotopic (exact) mass is 355 g/mol. The van der Waals surface area contributed by atoms with Crippen molar-refractivity contribution in [1.82, 2.24) is 14.3 Å². The number of imidazole rings is 1. The SMILES string of the molecule is O=C(c1cn2ccccc2n1)N(CCc1ccccc1)Cc1ccccc1. The molecular weight excluding hydrogens is 334 g/mol. The highest BCUT2D eigenvalue weighted by Crippen LogP contribution is 2.13. The van der Waals surface area contributed by atoms with E-state index in [1.165, 1.54) is 5.56 Å². The van der Waals surface area contributed by atoms with Gasteiger partial charge in [-0.25, -0.2) is 4.98 Å². The van der Waals surface area contributed by atoms with Crippen LogP contribution in [0.5, 0.6) is 0 Å². The summed E-state index contributed by atoms with van der Waals surface area (Å²) in [5.74, 6) is -0.0431. The van der Waals surface area contributed by atoms with Crippen molar-refractivity contribution >= 4 is 11.6 Å². The summed E-state index contributed by atoms with van der Waals surface area (Å²) in [6.07, 6.45) is 4.52. The smallest absolute Gasteiger partial charge is 0.274 e. The molecule has 0 aliphatic rings. The van der Waals surface area contributed by atoms with Crippen LogP contribution in [0.25, 0.3) is 5.65 Å². The normalized spacial score (nSPS) is 10.8.